The highest BCUT2D eigenvalue weighted by atomic mass is 16.5. The normalized spacial score (nSPS) is 10.4. The van der Waals surface area contributed by atoms with E-state index in [1.807, 2.05) is 54.6 Å². The van der Waals surface area contributed by atoms with Crippen LogP contribution >= 0.6 is 0 Å². The Balaban J connectivity index is 1.58. The third kappa shape index (κ3) is 5.33. The zero-order chi connectivity index (χ0) is 19.8. The van der Waals surface area contributed by atoms with E-state index in [4.69, 9.17) is 4.74 Å². The second-order valence-corrected chi connectivity index (χ2v) is 6.48. The first-order valence-corrected chi connectivity index (χ1v) is 9.35. The number of carbonyl (C=O) groups is 1. The molecule has 5 heteroatoms. The van der Waals surface area contributed by atoms with Crippen LogP contribution in [0.5, 0.6) is 5.75 Å². The molecule has 0 atom stereocenters. The van der Waals surface area contributed by atoms with E-state index in [1.165, 1.54) is 5.56 Å². The summed E-state index contributed by atoms with van der Waals surface area (Å²) in [4.78, 5) is 19.0. The number of nitrogens with one attached hydrogen (secondary N) is 1. The summed E-state index contributed by atoms with van der Waals surface area (Å²) in [5.74, 6) is 1.59. The van der Waals surface area contributed by atoms with Gasteiger partial charge in [-0.05, 0) is 42.3 Å². The summed E-state index contributed by atoms with van der Waals surface area (Å²) < 4.78 is 5.13. The van der Waals surface area contributed by atoms with Gasteiger partial charge in [-0.2, -0.15) is 0 Å². The number of hydrogen-bond donors (Lipinski definition) is 1. The third-order valence-electron chi connectivity index (χ3n) is 4.48. The number of ether oxygens (including phenoxy) is 1. The number of benzene rings is 2. The Morgan fingerprint density at radius 3 is 2.36 bits per heavy atom. The van der Waals surface area contributed by atoms with E-state index in [1.54, 1.807) is 13.3 Å². The van der Waals surface area contributed by atoms with E-state index < -0.39 is 0 Å². The molecule has 0 fully saturated rings. The fourth-order valence-corrected chi connectivity index (χ4v) is 2.94. The zero-order valence-corrected chi connectivity index (χ0v) is 16.3. The van der Waals surface area contributed by atoms with Crippen LogP contribution in [-0.4, -0.2) is 24.5 Å². The highest BCUT2D eigenvalue weighted by molar-refractivity contribution is 5.92. The van der Waals surface area contributed by atoms with Gasteiger partial charge in [0.2, 0.25) is 5.91 Å². The molecule has 0 aliphatic rings. The molecule has 0 aliphatic heterocycles. The van der Waals surface area contributed by atoms with Crippen molar-refractivity contribution in [2.45, 2.75) is 19.9 Å². The quantitative estimate of drug-likeness (QED) is 0.638. The number of carbonyl (C=O) groups excluding carboxylic acids is 1. The average molecular weight is 375 g/mol. The van der Waals surface area contributed by atoms with Crippen LogP contribution in [0, 0.1) is 0 Å². The van der Waals surface area contributed by atoms with Gasteiger partial charge in [0.05, 0.1) is 25.4 Å². The summed E-state index contributed by atoms with van der Waals surface area (Å²) in [6.07, 6.45) is 2.01. The third-order valence-corrected chi connectivity index (χ3v) is 4.48. The lowest BCUT2D eigenvalue weighted by molar-refractivity contribution is -0.115. The first kappa shape index (κ1) is 19.4. The van der Waals surface area contributed by atoms with Crippen molar-refractivity contribution in [3.05, 3.63) is 84.1 Å². The van der Waals surface area contributed by atoms with E-state index in [9.17, 15) is 4.79 Å². The van der Waals surface area contributed by atoms with Crippen LogP contribution in [0.1, 0.15) is 18.1 Å². The maximum Gasteiger partial charge on any atom is 0.228 e. The molecule has 1 aromatic heterocycles. The smallest absolute Gasteiger partial charge is 0.228 e. The number of hydrogen-bond acceptors (Lipinski definition) is 4. The van der Waals surface area contributed by atoms with Crippen molar-refractivity contribution in [2.75, 3.05) is 23.9 Å². The molecule has 0 spiro atoms. The van der Waals surface area contributed by atoms with Gasteiger partial charge in [-0.15, -0.1) is 0 Å². The summed E-state index contributed by atoms with van der Waals surface area (Å²) in [6, 6.07) is 21.6. The summed E-state index contributed by atoms with van der Waals surface area (Å²) in [7, 11) is 1.62. The lowest BCUT2D eigenvalue weighted by Crippen LogP contribution is -2.23. The highest BCUT2D eigenvalue weighted by Crippen LogP contribution is 2.17. The number of amides is 1. The number of rotatable bonds is 8. The molecule has 2 aromatic carbocycles. The van der Waals surface area contributed by atoms with Crippen LogP contribution < -0.4 is 15.0 Å². The standard InChI is InChI=1S/C23H25N3O2/c1-3-26(17-19-7-5-4-6-8-19)22-14-11-20(16-24-22)25-23(27)15-18-9-12-21(28-2)13-10-18/h4-14,16H,3,15,17H2,1-2H3,(H,25,27). The molecule has 28 heavy (non-hydrogen) atoms. The molecule has 1 heterocycles. The molecule has 3 rings (SSSR count). The Labute approximate surface area is 166 Å². The zero-order valence-electron chi connectivity index (χ0n) is 16.3. The first-order valence-electron chi connectivity index (χ1n) is 9.35. The molecular formula is C23H25N3O2. The lowest BCUT2D eigenvalue weighted by Gasteiger charge is -2.22. The highest BCUT2D eigenvalue weighted by Gasteiger charge is 2.09. The number of nitrogens with zero attached hydrogens (tertiary/aromatic N) is 2. The molecule has 1 N–H and O–H groups in total. The lowest BCUT2D eigenvalue weighted by atomic mass is 10.1. The Hall–Kier alpha value is -3.34. The predicted molar refractivity (Wildman–Crippen MR) is 113 cm³/mol. The van der Waals surface area contributed by atoms with Crippen LogP contribution in [0.4, 0.5) is 11.5 Å². The second-order valence-electron chi connectivity index (χ2n) is 6.48. The fourth-order valence-electron chi connectivity index (χ4n) is 2.94. The van der Waals surface area contributed by atoms with Crippen molar-refractivity contribution in [1.29, 1.82) is 0 Å². The number of anilines is 2. The number of pyridine rings is 1. The van der Waals surface area contributed by atoms with Gasteiger partial charge in [-0.3, -0.25) is 4.79 Å². The minimum atomic E-state index is -0.0728. The van der Waals surface area contributed by atoms with E-state index in [-0.39, 0.29) is 5.91 Å². The maximum atomic E-state index is 12.3. The van der Waals surface area contributed by atoms with Gasteiger partial charge in [0.25, 0.3) is 0 Å². The van der Waals surface area contributed by atoms with Crippen LogP contribution in [0.2, 0.25) is 0 Å². The van der Waals surface area contributed by atoms with Gasteiger partial charge in [-0.25, -0.2) is 4.98 Å². The Kier molecular flexibility index (Phi) is 6.63. The summed E-state index contributed by atoms with van der Waals surface area (Å²) in [6.45, 7) is 3.76. The van der Waals surface area contributed by atoms with Crippen molar-refractivity contribution < 1.29 is 9.53 Å². The minimum Gasteiger partial charge on any atom is -0.497 e. The molecule has 0 aliphatic carbocycles. The molecule has 1 amide bonds. The van der Waals surface area contributed by atoms with Gasteiger partial charge in [-0.1, -0.05) is 42.5 Å². The average Bonchev–Trinajstić information content (AvgIpc) is 2.74. The summed E-state index contributed by atoms with van der Waals surface area (Å²) in [5.41, 5.74) is 2.86. The van der Waals surface area contributed by atoms with Crippen molar-refractivity contribution >= 4 is 17.4 Å². The molecular weight excluding hydrogens is 350 g/mol. The molecule has 0 unspecified atom stereocenters. The van der Waals surface area contributed by atoms with E-state index in [0.29, 0.717) is 12.1 Å². The molecule has 0 saturated carbocycles. The predicted octanol–water partition coefficient (Wildman–Crippen LogP) is 4.30. The minimum absolute atomic E-state index is 0.0728. The first-order chi connectivity index (χ1) is 13.7. The van der Waals surface area contributed by atoms with E-state index in [0.717, 1.165) is 30.2 Å². The largest absolute Gasteiger partial charge is 0.497 e. The Morgan fingerprint density at radius 1 is 1.00 bits per heavy atom. The summed E-state index contributed by atoms with van der Waals surface area (Å²) >= 11 is 0. The maximum absolute atomic E-state index is 12.3. The van der Waals surface area contributed by atoms with Crippen molar-refractivity contribution in [2.24, 2.45) is 0 Å². The van der Waals surface area contributed by atoms with Gasteiger partial charge in [0.1, 0.15) is 11.6 Å². The van der Waals surface area contributed by atoms with Crippen molar-refractivity contribution in [1.82, 2.24) is 4.98 Å². The van der Waals surface area contributed by atoms with Crippen LogP contribution in [-0.2, 0) is 17.8 Å². The second kappa shape index (κ2) is 9.55. The van der Waals surface area contributed by atoms with Gasteiger partial charge in [0, 0.05) is 13.1 Å². The van der Waals surface area contributed by atoms with Crippen LogP contribution in [0.3, 0.4) is 0 Å². The number of aromatic nitrogens is 1. The fraction of sp³-hybridized carbons (Fsp3) is 0.217. The molecule has 3 aromatic rings. The summed E-state index contributed by atoms with van der Waals surface area (Å²) in [5, 5.41) is 2.90. The van der Waals surface area contributed by atoms with E-state index in [2.05, 4.69) is 34.3 Å². The van der Waals surface area contributed by atoms with Crippen molar-refractivity contribution in [3.63, 3.8) is 0 Å². The molecule has 144 valence electrons. The van der Waals surface area contributed by atoms with Gasteiger partial charge < -0.3 is 15.0 Å². The van der Waals surface area contributed by atoms with Gasteiger partial charge in [0.15, 0.2) is 0 Å². The number of methoxy groups -OCH3 is 1. The molecule has 0 radical (unpaired) electrons. The monoisotopic (exact) mass is 375 g/mol. The SMILES string of the molecule is CCN(Cc1ccccc1)c1ccc(NC(=O)Cc2ccc(OC)cc2)cn1. The van der Waals surface area contributed by atoms with Crippen LogP contribution in [0.25, 0.3) is 0 Å². The molecule has 0 saturated heterocycles. The molecule has 0 bridgehead atoms. The van der Waals surface area contributed by atoms with Crippen molar-refractivity contribution in [3.8, 4) is 5.75 Å². The van der Waals surface area contributed by atoms with Gasteiger partial charge >= 0.3 is 0 Å². The topological polar surface area (TPSA) is 54.5 Å². The van der Waals surface area contributed by atoms with Crippen LogP contribution in [0.15, 0.2) is 72.9 Å². The molecule has 5 nitrogen and oxygen atoms in total. The van der Waals surface area contributed by atoms with E-state index >= 15 is 0 Å². The Morgan fingerprint density at radius 2 is 1.75 bits per heavy atom. The Bertz CT molecular complexity index is 878.